The van der Waals surface area contributed by atoms with Crippen LogP contribution in [0.5, 0.6) is 5.75 Å². The Morgan fingerprint density at radius 3 is 2.50 bits per heavy atom. The second-order valence-corrected chi connectivity index (χ2v) is 6.81. The van der Waals surface area contributed by atoms with Gasteiger partial charge in [0, 0.05) is 25.2 Å². The van der Waals surface area contributed by atoms with Crippen LogP contribution in [-0.4, -0.2) is 54.3 Å². The molecule has 1 aliphatic heterocycles. The van der Waals surface area contributed by atoms with Gasteiger partial charge in [-0.05, 0) is 36.8 Å². The van der Waals surface area contributed by atoms with Crippen LogP contribution >= 0.6 is 0 Å². The highest BCUT2D eigenvalue weighted by Crippen LogP contribution is 2.25. The van der Waals surface area contributed by atoms with Gasteiger partial charge in [0.1, 0.15) is 5.75 Å². The average Bonchev–Trinajstić information content (AvgIpc) is 2.60. The van der Waals surface area contributed by atoms with Gasteiger partial charge in [-0.1, -0.05) is 24.3 Å². The molecule has 0 radical (unpaired) electrons. The number of hydrogen-bond donors (Lipinski definition) is 2. The Labute approximate surface area is 142 Å². The summed E-state index contributed by atoms with van der Waals surface area (Å²) in [5.74, 6) is -0.241. The Hall–Kier alpha value is -2.11. The first-order valence-corrected chi connectivity index (χ1v) is 8.30. The monoisotopic (exact) mass is 328 g/mol. The van der Waals surface area contributed by atoms with E-state index in [1.165, 1.54) is 0 Å². The van der Waals surface area contributed by atoms with Gasteiger partial charge in [0.15, 0.2) is 0 Å². The van der Waals surface area contributed by atoms with Crippen LogP contribution in [0.2, 0.25) is 0 Å². The second kappa shape index (κ2) is 6.79. The third-order valence-corrected chi connectivity index (χ3v) is 4.66. The molecule has 24 heavy (non-hydrogen) atoms. The zero-order valence-corrected chi connectivity index (χ0v) is 14.2. The minimum Gasteiger partial charge on any atom is -0.507 e. The third kappa shape index (κ3) is 3.52. The summed E-state index contributed by atoms with van der Waals surface area (Å²) in [7, 11) is 0. The number of benzene rings is 2. The Morgan fingerprint density at radius 2 is 1.83 bits per heavy atom. The zero-order chi connectivity index (χ0) is 17.2. The molecule has 0 aliphatic carbocycles. The molecule has 1 aliphatic rings. The number of ether oxygens (including phenoxy) is 1. The molecule has 1 saturated heterocycles. The lowest BCUT2D eigenvalue weighted by molar-refractivity contribution is -0.00923. The van der Waals surface area contributed by atoms with E-state index in [9.17, 15) is 9.90 Å². The van der Waals surface area contributed by atoms with Crippen LogP contribution in [-0.2, 0) is 4.74 Å². The topological polar surface area (TPSA) is 61.8 Å². The van der Waals surface area contributed by atoms with Crippen molar-refractivity contribution in [2.45, 2.75) is 19.4 Å². The van der Waals surface area contributed by atoms with E-state index in [2.05, 4.69) is 24.1 Å². The van der Waals surface area contributed by atoms with Crippen LogP contribution in [0.15, 0.2) is 36.4 Å². The first-order valence-electron chi connectivity index (χ1n) is 8.30. The lowest BCUT2D eigenvalue weighted by atomic mass is 10.0. The summed E-state index contributed by atoms with van der Waals surface area (Å²) in [4.78, 5) is 14.8. The molecule has 2 aromatic carbocycles. The Balaban J connectivity index is 1.71. The quantitative estimate of drug-likeness (QED) is 0.905. The second-order valence-electron chi connectivity index (χ2n) is 6.81. The molecule has 5 heteroatoms. The molecule has 128 valence electrons. The highest BCUT2D eigenvalue weighted by atomic mass is 16.5. The van der Waals surface area contributed by atoms with Gasteiger partial charge in [-0.2, -0.15) is 0 Å². The van der Waals surface area contributed by atoms with E-state index >= 15 is 0 Å². The first kappa shape index (κ1) is 16.7. The molecule has 3 rings (SSSR count). The number of fused-ring (bicyclic) bond motifs is 1. The van der Waals surface area contributed by atoms with Crippen molar-refractivity contribution < 1.29 is 14.6 Å². The molecule has 2 aromatic rings. The number of hydrogen-bond acceptors (Lipinski definition) is 4. The Bertz CT molecular complexity index is 736. The first-order chi connectivity index (χ1) is 11.5. The van der Waals surface area contributed by atoms with Crippen molar-refractivity contribution in [2.24, 2.45) is 0 Å². The van der Waals surface area contributed by atoms with E-state index in [1.54, 1.807) is 12.1 Å². The van der Waals surface area contributed by atoms with Crippen LogP contribution in [0, 0.1) is 0 Å². The largest absolute Gasteiger partial charge is 0.507 e. The van der Waals surface area contributed by atoms with Crippen LogP contribution in [0.3, 0.4) is 0 Å². The van der Waals surface area contributed by atoms with Crippen LogP contribution in [0.1, 0.15) is 24.2 Å². The van der Waals surface area contributed by atoms with Crippen molar-refractivity contribution in [1.82, 2.24) is 10.2 Å². The predicted molar refractivity (Wildman–Crippen MR) is 94.4 cm³/mol. The lowest BCUT2D eigenvalue weighted by Crippen LogP contribution is -2.55. The number of nitrogens with zero attached hydrogens (tertiary/aromatic N) is 1. The molecule has 1 fully saturated rings. The molecule has 2 N–H and O–H groups in total. The SMILES string of the molecule is CC(C)(CNC(=O)c1cc2ccccc2cc1O)N1CCOCC1. The maximum atomic E-state index is 12.5. The van der Waals surface area contributed by atoms with E-state index in [0.717, 1.165) is 37.1 Å². The third-order valence-electron chi connectivity index (χ3n) is 4.66. The summed E-state index contributed by atoms with van der Waals surface area (Å²) in [5.41, 5.74) is 0.151. The van der Waals surface area contributed by atoms with E-state index in [-0.39, 0.29) is 17.2 Å². The number of aromatic hydroxyl groups is 1. The molecule has 0 atom stereocenters. The Kier molecular flexibility index (Phi) is 4.73. The predicted octanol–water partition coefficient (Wildman–Crippen LogP) is 2.39. The molecule has 0 bridgehead atoms. The van der Waals surface area contributed by atoms with Gasteiger partial charge in [0.25, 0.3) is 5.91 Å². The fourth-order valence-corrected chi connectivity index (χ4v) is 3.08. The number of nitrogens with one attached hydrogen (secondary N) is 1. The summed E-state index contributed by atoms with van der Waals surface area (Å²) in [6.45, 7) is 7.91. The smallest absolute Gasteiger partial charge is 0.255 e. The normalized spacial score (nSPS) is 16.2. The number of carbonyl (C=O) groups is 1. The molecule has 0 spiro atoms. The van der Waals surface area contributed by atoms with Gasteiger partial charge in [-0.15, -0.1) is 0 Å². The molecule has 1 amide bonds. The minimum absolute atomic E-state index is 0.00961. The fraction of sp³-hybridized carbons (Fsp3) is 0.421. The van der Waals surface area contributed by atoms with Crippen LogP contribution < -0.4 is 5.32 Å². The highest BCUT2D eigenvalue weighted by Gasteiger charge is 2.29. The standard InChI is InChI=1S/C19H24N2O3/c1-19(2,21-7-9-24-10-8-21)13-20-18(23)16-11-14-5-3-4-6-15(14)12-17(16)22/h3-6,11-12,22H,7-10,13H2,1-2H3,(H,20,23). The maximum absolute atomic E-state index is 12.5. The highest BCUT2D eigenvalue weighted by molar-refractivity contribution is 6.01. The van der Waals surface area contributed by atoms with Crippen LogP contribution in [0.25, 0.3) is 10.8 Å². The van der Waals surface area contributed by atoms with E-state index in [4.69, 9.17) is 4.74 Å². The van der Waals surface area contributed by atoms with Crippen molar-refractivity contribution in [3.05, 3.63) is 42.0 Å². The number of morpholine rings is 1. The van der Waals surface area contributed by atoms with Gasteiger partial charge < -0.3 is 15.2 Å². The van der Waals surface area contributed by atoms with Crippen molar-refractivity contribution in [2.75, 3.05) is 32.8 Å². The van der Waals surface area contributed by atoms with Gasteiger partial charge in [0.2, 0.25) is 0 Å². The van der Waals surface area contributed by atoms with Gasteiger partial charge in [-0.25, -0.2) is 0 Å². The zero-order valence-electron chi connectivity index (χ0n) is 14.2. The minimum atomic E-state index is -0.250. The van der Waals surface area contributed by atoms with E-state index < -0.39 is 0 Å². The lowest BCUT2D eigenvalue weighted by Gasteiger charge is -2.40. The summed E-state index contributed by atoms with van der Waals surface area (Å²) in [5, 5.41) is 15.0. The van der Waals surface area contributed by atoms with E-state index in [1.807, 2.05) is 24.3 Å². The Morgan fingerprint density at radius 1 is 1.21 bits per heavy atom. The molecule has 5 nitrogen and oxygen atoms in total. The average molecular weight is 328 g/mol. The summed E-state index contributed by atoms with van der Waals surface area (Å²) in [6, 6.07) is 11.1. The number of carbonyl (C=O) groups excluding carboxylic acids is 1. The van der Waals surface area contributed by atoms with Crippen molar-refractivity contribution in [3.8, 4) is 5.75 Å². The van der Waals surface area contributed by atoms with Crippen molar-refractivity contribution >= 4 is 16.7 Å². The molecular weight excluding hydrogens is 304 g/mol. The van der Waals surface area contributed by atoms with Gasteiger partial charge in [-0.3, -0.25) is 9.69 Å². The van der Waals surface area contributed by atoms with Crippen molar-refractivity contribution in [3.63, 3.8) is 0 Å². The maximum Gasteiger partial charge on any atom is 0.255 e. The van der Waals surface area contributed by atoms with Gasteiger partial charge >= 0.3 is 0 Å². The molecular formula is C19H24N2O3. The van der Waals surface area contributed by atoms with E-state index in [0.29, 0.717) is 12.1 Å². The molecule has 0 aromatic heterocycles. The number of phenols is 1. The van der Waals surface area contributed by atoms with Crippen molar-refractivity contribution in [1.29, 1.82) is 0 Å². The number of amides is 1. The summed E-state index contributed by atoms with van der Waals surface area (Å²) >= 11 is 0. The fourth-order valence-electron chi connectivity index (χ4n) is 3.08. The number of rotatable bonds is 4. The van der Waals surface area contributed by atoms with Crippen LogP contribution in [0.4, 0.5) is 0 Å². The summed E-state index contributed by atoms with van der Waals surface area (Å²) < 4.78 is 5.38. The summed E-state index contributed by atoms with van der Waals surface area (Å²) in [6.07, 6.45) is 0. The number of phenolic OH excluding ortho intramolecular Hbond substituents is 1. The molecule has 1 heterocycles. The molecule has 0 unspecified atom stereocenters. The van der Waals surface area contributed by atoms with Gasteiger partial charge in [0.05, 0.1) is 18.8 Å². The molecule has 0 saturated carbocycles.